The predicted octanol–water partition coefficient (Wildman–Crippen LogP) is 3.05. The van der Waals surface area contributed by atoms with E-state index in [2.05, 4.69) is 10.3 Å². The molecule has 1 aromatic carbocycles. The van der Waals surface area contributed by atoms with Crippen LogP contribution in [0.4, 0.5) is 0 Å². The van der Waals surface area contributed by atoms with Gasteiger partial charge in [0.1, 0.15) is 5.02 Å². The number of ether oxygens (including phenoxy) is 4. The number of carbonyl (C=O) groups is 1. The molecule has 0 aliphatic rings. The molecule has 10 heteroatoms. The molecule has 0 amide bonds. The van der Waals surface area contributed by atoms with Crippen LogP contribution in [0.15, 0.2) is 12.1 Å². The fourth-order valence-corrected chi connectivity index (χ4v) is 3.14. The second kappa shape index (κ2) is 9.92. The monoisotopic (exact) mass is 424 g/mol. The van der Waals surface area contributed by atoms with Crippen molar-refractivity contribution in [1.29, 1.82) is 5.41 Å². The second-order valence-corrected chi connectivity index (χ2v) is 6.37. The molecule has 0 unspecified atom stereocenters. The maximum Gasteiger partial charge on any atom is 0.312 e. The molecule has 2 rings (SSSR count). The van der Waals surface area contributed by atoms with Gasteiger partial charge in [-0.1, -0.05) is 18.5 Å². The third kappa shape index (κ3) is 4.86. The molecule has 0 spiro atoms. The van der Waals surface area contributed by atoms with Crippen molar-refractivity contribution < 1.29 is 23.7 Å². The maximum absolute atomic E-state index is 12.0. The van der Waals surface area contributed by atoms with Gasteiger partial charge in [0.15, 0.2) is 17.5 Å². The van der Waals surface area contributed by atoms with Crippen LogP contribution in [0.2, 0.25) is 5.02 Å². The van der Waals surface area contributed by atoms with Gasteiger partial charge < -0.3 is 35.0 Å². The number of guanidine groups is 1. The summed E-state index contributed by atoms with van der Waals surface area (Å²) in [5, 5.41) is 10.3. The van der Waals surface area contributed by atoms with Crippen LogP contribution < -0.4 is 30.0 Å². The van der Waals surface area contributed by atoms with Gasteiger partial charge in [-0.3, -0.25) is 10.2 Å². The van der Waals surface area contributed by atoms with Gasteiger partial charge in [0.05, 0.1) is 27.9 Å². The first-order chi connectivity index (χ1) is 13.9. The predicted molar refractivity (Wildman–Crippen MR) is 110 cm³/mol. The first-order valence-corrected chi connectivity index (χ1v) is 9.23. The Morgan fingerprint density at radius 1 is 1.21 bits per heavy atom. The summed E-state index contributed by atoms with van der Waals surface area (Å²) < 4.78 is 21.7. The van der Waals surface area contributed by atoms with Crippen LogP contribution in [-0.4, -0.2) is 38.2 Å². The van der Waals surface area contributed by atoms with Crippen LogP contribution in [-0.2, 0) is 11.3 Å². The summed E-state index contributed by atoms with van der Waals surface area (Å²) in [5.41, 5.74) is 7.08. The topological polar surface area (TPSA) is 132 Å². The average molecular weight is 425 g/mol. The maximum atomic E-state index is 12.0. The minimum atomic E-state index is -0.410. The van der Waals surface area contributed by atoms with Crippen molar-refractivity contribution in [3.05, 3.63) is 22.8 Å². The van der Waals surface area contributed by atoms with Crippen molar-refractivity contribution in [1.82, 2.24) is 10.3 Å². The Hall–Kier alpha value is -3.07. The van der Waals surface area contributed by atoms with Crippen molar-refractivity contribution in [2.75, 3.05) is 21.3 Å². The molecule has 0 saturated heterocycles. The number of benzene rings is 1. The summed E-state index contributed by atoms with van der Waals surface area (Å²) in [6, 6.07) is 3.47. The van der Waals surface area contributed by atoms with Crippen molar-refractivity contribution >= 4 is 23.5 Å². The second-order valence-electron chi connectivity index (χ2n) is 5.99. The number of hydrogen-bond acceptors (Lipinski definition) is 6. The Balaban J connectivity index is 2.64. The molecule has 0 atom stereocenters. The number of methoxy groups -OCH3 is 3. The number of nitrogens with two attached hydrogens (primary N) is 1. The molecule has 2 aromatic rings. The Morgan fingerprint density at radius 3 is 2.45 bits per heavy atom. The highest BCUT2D eigenvalue weighted by Gasteiger charge is 2.26. The molecule has 5 N–H and O–H groups in total. The number of esters is 1. The van der Waals surface area contributed by atoms with Crippen molar-refractivity contribution in [3.63, 3.8) is 0 Å². The molecular formula is C19H25ClN4O5. The van der Waals surface area contributed by atoms with E-state index in [0.29, 0.717) is 40.5 Å². The normalized spacial score (nSPS) is 10.4. The van der Waals surface area contributed by atoms with E-state index in [1.807, 2.05) is 6.92 Å². The van der Waals surface area contributed by atoms with E-state index >= 15 is 0 Å². The van der Waals surface area contributed by atoms with Gasteiger partial charge in [-0.05, 0) is 18.6 Å². The fourth-order valence-electron chi connectivity index (χ4n) is 2.83. The number of aromatic nitrogens is 1. The van der Waals surface area contributed by atoms with Crippen LogP contribution in [0.25, 0.3) is 11.1 Å². The summed E-state index contributed by atoms with van der Waals surface area (Å²) >= 11 is 6.57. The smallest absolute Gasteiger partial charge is 0.312 e. The van der Waals surface area contributed by atoms with Gasteiger partial charge in [0.25, 0.3) is 0 Å². The number of rotatable bonds is 9. The van der Waals surface area contributed by atoms with Crippen LogP contribution in [0.5, 0.6) is 23.1 Å². The molecule has 1 aromatic heterocycles. The lowest BCUT2D eigenvalue weighted by Gasteiger charge is -2.16. The van der Waals surface area contributed by atoms with Gasteiger partial charge in [-0.15, -0.1) is 0 Å². The van der Waals surface area contributed by atoms with Gasteiger partial charge in [-0.25, -0.2) is 0 Å². The minimum Gasteiger partial charge on any atom is -0.493 e. The molecule has 9 nitrogen and oxygen atoms in total. The summed E-state index contributed by atoms with van der Waals surface area (Å²) in [7, 11) is 4.52. The molecule has 0 aliphatic carbocycles. The summed E-state index contributed by atoms with van der Waals surface area (Å²) in [6.07, 6.45) is 0.900. The molecule has 1 heterocycles. The number of nitrogens with one attached hydrogen (secondary N) is 3. The SMILES string of the molecule is CCCC(=O)Oc1[nH]c(CNC(=N)N)c(-c2ccc(OC)c(OC)c2OC)c1Cl. The minimum absolute atomic E-state index is 0.109. The number of H-pyrrole nitrogens is 1. The van der Waals surface area contributed by atoms with E-state index in [9.17, 15) is 4.79 Å². The van der Waals surface area contributed by atoms with Crippen molar-refractivity contribution in [2.24, 2.45) is 5.73 Å². The van der Waals surface area contributed by atoms with Gasteiger partial charge in [0.2, 0.25) is 11.6 Å². The lowest BCUT2D eigenvalue weighted by molar-refractivity contribution is -0.134. The van der Waals surface area contributed by atoms with Crippen LogP contribution in [0.3, 0.4) is 0 Å². The summed E-state index contributed by atoms with van der Waals surface area (Å²) in [6.45, 7) is 2.02. The van der Waals surface area contributed by atoms with Crippen molar-refractivity contribution in [3.8, 4) is 34.3 Å². The van der Waals surface area contributed by atoms with E-state index < -0.39 is 5.97 Å². The number of aromatic amines is 1. The first kappa shape index (κ1) is 22.2. The zero-order chi connectivity index (χ0) is 21.6. The molecule has 0 bridgehead atoms. The Kier molecular flexibility index (Phi) is 7.60. The molecule has 29 heavy (non-hydrogen) atoms. The summed E-state index contributed by atoms with van der Waals surface area (Å²) in [5.74, 6) is 0.746. The highest BCUT2D eigenvalue weighted by atomic mass is 35.5. The zero-order valence-corrected chi connectivity index (χ0v) is 17.5. The number of hydrogen-bond donors (Lipinski definition) is 4. The number of carbonyl (C=O) groups excluding carboxylic acids is 1. The molecule has 0 radical (unpaired) electrons. The quantitative estimate of drug-likeness (QED) is 0.276. The van der Waals surface area contributed by atoms with E-state index in [-0.39, 0.29) is 29.8 Å². The van der Waals surface area contributed by atoms with Crippen LogP contribution in [0, 0.1) is 5.41 Å². The average Bonchev–Trinajstić information content (AvgIpc) is 3.00. The number of halogens is 1. The lowest BCUT2D eigenvalue weighted by Crippen LogP contribution is -2.29. The van der Waals surface area contributed by atoms with E-state index in [4.69, 9.17) is 41.7 Å². The third-order valence-electron chi connectivity index (χ3n) is 4.08. The van der Waals surface area contributed by atoms with Crippen LogP contribution in [0.1, 0.15) is 25.5 Å². The lowest BCUT2D eigenvalue weighted by atomic mass is 10.0. The van der Waals surface area contributed by atoms with Gasteiger partial charge >= 0.3 is 5.97 Å². The Morgan fingerprint density at radius 2 is 1.90 bits per heavy atom. The van der Waals surface area contributed by atoms with Gasteiger partial charge in [0, 0.05) is 23.2 Å². The Bertz CT molecular complexity index is 897. The molecule has 0 fully saturated rings. The first-order valence-electron chi connectivity index (χ1n) is 8.86. The van der Waals surface area contributed by atoms with E-state index in [1.54, 1.807) is 12.1 Å². The van der Waals surface area contributed by atoms with Crippen LogP contribution >= 0.6 is 11.6 Å². The summed E-state index contributed by atoms with van der Waals surface area (Å²) in [4.78, 5) is 15.0. The van der Waals surface area contributed by atoms with Gasteiger partial charge in [-0.2, -0.15) is 0 Å². The Labute approximate surface area is 173 Å². The largest absolute Gasteiger partial charge is 0.493 e. The zero-order valence-electron chi connectivity index (χ0n) is 16.8. The fraction of sp³-hybridized carbons (Fsp3) is 0.368. The van der Waals surface area contributed by atoms with E-state index in [1.165, 1.54) is 21.3 Å². The standard InChI is InChI=1S/C19H25ClN4O5/c1-5-6-13(25)29-18-15(20)14(11(24-18)9-23-19(21)22)10-7-8-12(26-2)17(28-4)16(10)27-3/h7-8,24H,5-6,9H2,1-4H3,(H4,21,22,23). The van der Waals surface area contributed by atoms with E-state index in [0.717, 1.165) is 0 Å². The highest BCUT2D eigenvalue weighted by Crippen LogP contribution is 2.48. The molecule has 0 aliphatic heterocycles. The third-order valence-corrected chi connectivity index (χ3v) is 4.44. The highest BCUT2D eigenvalue weighted by molar-refractivity contribution is 6.35. The molecular weight excluding hydrogens is 400 g/mol. The molecule has 0 saturated carbocycles. The van der Waals surface area contributed by atoms with Crippen molar-refractivity contribution in [2.45, 2.75) is 26.3 Å². The molecule has 158 valence electrons.